The van der Waals surface area contributed by atoms with Gasteiger partial charge in [-0.1, -0.05) is 13.8 Å². The van der Waals surface area contributed by atoms with Gasteiger partial charge in [0.2, 0.25) is 0 Å². The summed E-state index contributed by atoms with van der Waals surface area (Å²) in [5, 5.41) is 11.5. The van der Waals surface area contributed by atoms with Crippen LogP contribution in [-0.4, -0.2) is 35.7 Å². The number of aliphatic carboxylic acids is 1. The molecule has 0 spiro atoms. The molecule has 1 aromatic rings. The van der Waals surface area contributed by atoms with Gasteiger partial charge >= 0.3 is 12.0 Å². The van der Waals surface area contributed by atoms with E-state index in [0.717, 1.165) is 12.1 Å². The number of hydrogen-bond acceptors (Lipinski definition) is 3. The molecule has 0 radical (unpaired) electrons. The Hall–Kier alpha value is -2.11. The standard InChI is InChI=1S/C15H23N3O3/c1-15(2,7-6-13(19)20)8-10-17-14(21)18(3)12-5-4-9-16-11-12/h4-5,9,11H,6-8,10H2,1-3H3,(H,17,21)(H,19,20). The van der Waals surface area contributed by atoms with Crippen molar-refractivity contribution in [3.05, 3.63) is 24.5 Å². The highest BCUT2D eigenvalue weighted by atomic mass is 16.4. The van der Waals surface area contributed by atoms with Gasteiger partial charge < -0.3 is 10.4 Å². The Morgan fingerprint density at radius 1 is 1.38 bits per heavy atom. The normalized spacial score (nSPS) is 11.0. The molecule has 0 fully saturated rings. The first-order chi connectivity index (χ1) is 9.82. The average molecular weight is 293 g/mol. The second-order valence-corrected chi connectivity index (χ2v) is 5.81. The summed E-state index contributed by atoms with van der Waals surface area (Å²) in [6.07, 6.45) is 4.75. The van der Waals surface area contributed by atoms with E-state index >= 15 is 0 Å². The molecule has 21 heavy (non-hydrogen) atoms. The highest BCUT2D eigenvalue weighted by Gasteiger charge is 2.19. The summed E-state index contributed by atoms with van der Waals surface area (Å²) in [7, 11) is 1.68. The second kappa shape index (κ2) is 7.61. The maximum absolute atomic E-state index is 12.0. The van der Waals surface area contributed by atoms with Crippen LogP contribution in [0.2, 0.25) is 0 Å². The lowest BCUT2D eigenvalue weighted by atomic mass is 9.84. The number of aromatic nitrogens is 1. The molecule has 0 atom stereocenters. The van der Waals surface area contributed by atoms with E-state index in [9.17, 15) is 9.59 Å². The third-order valence-electron chi connectivity index (χ3n) is 3.43. The summed E-state index contributed by atoms with van der Waals surface area (Å²) in [4.78, 5) is 28.0. The van der Waals surface area contributed by atoms with E-state index in [4.69, 9.17) is 5.11 Å². The number of nitrogens with zero attached hydrogens (tertiary/aromatic N) is 2. The van der Waals surface area contributed by atoms with Gasteiger partial charge in [0.15, 0.2) is 0 Å². The second-order valence-electron chi connectivity index (χ2n) is 5.81. The van der Waals surface area contributed by atoms with Gasteiger partial charge in [0.25, 0.3) is 0 Å². The Morgan fingerprint density at radius 2 is 2.10 bits per heavy atom. The largest absolute Gasteiger partial charge is 0.481 e. The molecule has 6 nitrogen and oxygen atoms in total. The number of urea groups is 1. The Kier molecular flexibility index (Phi) is 6.14. The highest BCUT2D eigenvalue weighted by Crippen LogP contribution is 2.26. The quantitative estimate of drug-likeness (QED) is 0.809. The average Bonchev–Trinajstić information content (AvgIpc) is 2.45. The van der Waals surface area contributed by atoms with E-state index in [-0.39, 0.29) is 17.9 Å². The number of carbonyl (C=O) groups is 2. The Bertz CT molecular complexity index is 474. The number of anilines is 1. The predicted molar refractivity (Wildman–Crippen MR) is 81.3 cm³/mol. The van der Waals surface area contributed by atoms with Gasteiger partial charge in [-0.15, -0.1) is 0 Å². The van der Waals surface area contributed by atoms with Crippen LogP contribution in [0.4, 0.5) is 10.5 Å². The lowest BCUT2D eigenvalue weighted by molar-refractivity contribution is -0.137. The molecule has 2 N–H and O–H groups in total. The summed E-state index contributed by atoms with van der Waals surface area (Å²) in [6.45, 7) is 4.52. The molecular formula is C15H23N3O3. The fourth-order valence-corrected chi connectivity index (χ4v) is 1.87. The van der Waals surface area contributed by atoms with Crippen LogP contribution in [0.3, 0.4) is 0 Å². The first-order valence-electron chi connectivity index (χ1n) is 6.95. The van der Waals surface area contributed by atoms with Crippen molar-refractivity contribution < 1.29 is 14.7 Å². The zero-order valence-corrected chi connectivity index (χ0v) is 12.8. The summed E-state index contributed by atoms with van der Waals surface area (Å²) in [6, 6.07) is 3.38. The van der Waals surface area contributed by atoms with Gasteiger partial charge in [-0.3, -0.25) is 14.7 Å². The molecule has 1 heterocycles. The van der Waals surface area contributed by atoms with Crippen LogP contribution >= 0.6 is 0 Å². The van der Waals surface area contributed by atoms with Gasteiger partial charge in [-0.2, -0.15) is 0 Å². The van der Waals surface area contributed by atoms with E-state index in [1.54, 1.807) is 25.5 Å². The Morgan fingerprint density at radius 3 is 2.67 bits per heavy atom. The van der Waals surface area contributed by atoms with E-state index in [2.05, 4.69) is 10.3 Å². The molecule has 1 rings (SSSR count). The SMILES string of the molecule is CN(C(=O)NCCC(C)(C)CCC(=O)O)c1cccnc1. The van der Waals surface area contributed by atoms with Gasteiger partial charge in [0.05, 0.1) is 11.9 Å². The van der Waals surface area contributed by atoms with Gasteiger partial charge in [-0.25, -0.2) is 4.79 Å². The smallest absolute Gasteiger partial charge is 0.321 e. The minimum Gasteiger partial charge on any atom is -0.481 e. The molecule has 0 saturated heterocycles. The maximum Gasteiger partial charge on any atom is 0.321 e. The van der Waals surface area contributed by atoms with Crippen molar-refractivity contribution in [3.63, 3.8) is 0 Å². The lowest BCUT2D eigenvalue weighted by Crippen LogP contribution is -2.38. The van der Waals surface area contributed by atoms with Crippen molar-refractivity contribution in [2.24, 2.45) is 5.41 Å². The molecule has 116 valence electrons. The maximum atomic E-state index is 12.0. The first-order valence-corrected chi connectivity index (χ1v) is 6.95. The minimum absolute atomic E-state index is 0.113. The number of carboxylic acids is 1. The lowest BCUT2D eigenvalue weighted by Gasteiger charge is -2.25. The van der Waals surface area contributed by atoms with E-state index in [1.165, 1.54) is 4.90 Å². The molecular weight excluding hydrogens is 270 g/mol. The fraction of sp³-hybridized carbons (Fsp3) is 0.533. The highest BCUT2D eigenvalue weighted by molar-refractivity contribution is 5.91. The van der Waals surface area contributed by atoms with Crippen LogP contribution in [0.5, 0.6) is 0 Å². The van der Waals surface area contributed by atoms with Crippen molar-refractivity contribution in [1.29, 1.82) is 0 Å². The molecule has 0 unspecified atom stereocenters. The molecule has 1 aromatic heterocycles. The third kappa shape index (κ3) is 6.25. The number of rotatable bonds is 7. The topological polar surface area (TPSA) is 82.5 Å². The molecule has 0 aliphatic heterocycles. The van der Waals surface area contributed by atoms with Gasteiger partial charge in [0.1, 0.15) is 0 Å². The van der Waals surface area contributed by atoms with Crippen molar-refractivity contribution in [3.8, 4) is 0 Å². The molecule has 0 bridgehead atoms. The summed E-state index contributed by atoms with van der Waals surface area (Å²) in [5.74, 6) is -0.788. The van der Waals surface area contributed by atoms with Crippen LogP contribution in [-0.2, 0) is 4.79 Å². The predicted octanol–water partition coefficient (Wildman–Crippen LogP) is 2.51. The number of hydrogen-bond donors (Lipinski definition) is 2. The van der Waals surface area contributed by atoms with Crippen LogP contribution in [0.15, 0.2) is 24.5 Å². The summed E-state index contributed by atoms with van der Waals surface area (Å²) >= 11 is 0. The molecule has 0 aliphatic carbocycles. The number of pyridine rings is 1. The molecule has 0 saturated carbocycles. The molecule has 6 heteroatoms. The number of nitrogens with one attached hydrogen (secondary N) is 1. The zero-order valence-electron chi connectivity index (χ0n) is 12.8. The minimum atomic E-state index is -0.788. The monoisotopic (exact) mass is 293 g/mol. The number of carboxylic acid groups (broad SMARTS) is 1. The third-order valence-corrected chi connectivity index (χ3v) is 3.43. The van der Waals surface area contributed by atoms with Crippen LogP contribution < -0.4 is 10.2 Å². The first kappa shape index (κ1) is 16.9. The van der Waals surface area contributed by atoms with E-state index < -0.39 is 5.97 Å². The molecule has 0 aliphatic rings. The van der Waals surface area contributed by atoms with Gasteiger partial charge in [0, 0.05) is 26.2 Å². The Labute approximate surface area is 125 Å². The summed E-state index contributed by atoms with van der Waals surface area (Å²) in [5.41, 5.74) is 0.610. The Balaban J connectivity index is 2.38. The van der Waals surface area contributed by atoms with Crippen molar-refractivity contribution >= 4 is 17.7 Å². The zero-order chi connectivity index (χ0) is 15.9. The van der Waals surface area contributed by atoms with E-state index in [1.807, 2.05) is 19.9 Å². The van der Waals surface area contributed by atoms with Crippen LogP contribution in [0, 0.1) is 5.41 Å². The fourth-order valence-electron chi connectivity index (χ4n) is 1.87. The molecule has 0 aromatic carbocycles. The van der Waals surface area contributed by atoms with Crippen molar-refractivity contribution in [1.82, 2.24) is 10.3 Å². The molecule has 2 amide bonds. The van der Waals surface area contributed by atoms with E-state index in [0.29, 0.717) is 13.0 Å². The van der Waals surface area contributed by atoms with Crippen LogP contribution in [0.25, 0.3) is 0 Å². The number of carbonyl (C=O) groups excluding carboxylic acids is 1. The van der Waals surface area contributed by atoms with Crippen molar-refractivity contribution in [2.75, 3.05) is 18.5 Å². The van der Waals surface area contributed by atoms with Gasteiger partial charge in [-0.05, 0) is 30.4 Å². The van der Waals surface area contributed by atoms with Crippen LogP contribution in [0.1, 0.15) is 33.1 Å². The number of amides is 2. The summed E-state index contributed by atoms with van der Waals surface area (Å²) < 4.78 is 0. The van der Waals surface area contributed by atoms with Crippen molar-refractivity contribution in [2.45, 2.75) is 33.1 Å².